The number of nitrogens with zero attached hydrogens (tertiary/aromatic N) is 1. The van der Waals surface area contributed by atoms with E-state index >= 15 is 0 Å². The maximum atomic E-state index is 13.4. The summed E-state index contributed by atoms with van der Waals surface area (Å²) in [5, 5.41) is 10.4. The van der Waals surface area contributed by atoms with Crippen molar-refractivity contribution < 1.29 is 22.4 Å². The van der Waals surface area contributed by atoms with Crippen molar-refractivity contribution in [2.24, 2.45) is 0 Å². The van der Waals surface area contributed by atoms with E-state index in [1.165, 1.54) is 0 Å². The summed E-state index contributed by atoms with van der Waals surface area (Å²) < 4.78 is 52.0. The third-order valence-corrected chi connectivity index (χ3v) is 4.75. The van der Waals surface area contributed by atoms with Gasteiger partial charge in [0.15, 0.2) is 0 Å². The minimum atomic E-state index is -4.86. The van der Waals surface area contributed by atoms with Gasteiger partial charge in [0.05, 0.1) is 17.3 Å². The van der Waals surface area contributed by atoms with Crippen molar-refractivity contribution in [3.63, 3.8) is 0 Å². The van der Waals surface area contributed by atoms with Gasteiger partial charge in [-0.1, -0.05) is 6.07 Å². The number of carbonyl (C=O) groups is 1. The molecule has 1 heterocycles. The summed E-state index contributed by atoms with van der Waals surface area (Å²) in [6, 6.07) is 6.14. The molecule has 0 saturated heterocycles. The Morgan fingerprint density at radius 1 is 1.22 bits per heavy atom. The number of amides is 1. The number of alkyl halides is 3. The zero-order chi connectivity index (χ0) is 19.2. The molecule has 0 radical (unpaired) electrons. The van der Waals surface area contributed by atoms with Crippen LogP contribution in [0.5, 0.6) is 0 Å². The van der Waals surface area contributed by atoms with E-state index in [0.29, 0.717) is 18.1 Å². The van der Waals surface area contributed by atoms with Crippen molar-refractivity contribution >= 4 is 16.8 Å². The monoisotopic (exact) mass is 377 g/mol. The Kier molecular flexibility index (Phi) is 4.13. The molecule has 140 valence electrons. The highest BCUT2D eigenvalue weighted by molar-refractivity contribution is 5.94. The van der Waals surface area contributed by atoms with E-state index in [4.69, 9.17) is 0 Å². The van der Waals surface area contributed by atoms with Gasteiger partial charge in [0.2, 0.25) is 0 Å². The van der Waals surface area contributed by atoms with Crippen molar-refractivity contribution in [1.29, 1.82) is 0 Å². The highest BCUT2D eigenvalue weighted by atomic mass is 19.4. The summed E-state index contributed by atoms with van der Waals surface area (Å²) in [4.78, 5) is 12.4. The minimum absolute atomic E-state index is 0.153. The highest BCUT2D eigenvalue weighted by Crippen LogP contribution is 2.43. The lowest BCUT2D eigenvalue weighted by Crippen LogP contribution is -2.24. The smallest absolute Gasteiger partial charge is 0.348 e. The fourth-order valence-corrected chi connectivity index (χ4v) is 3.22. The van der Waals surface area contributed by atoms with Crippen LogP contribution in [-0.4, -0.2) is 16.1 Å². The van der Waals surface area contributed by atoms with Crippen molar-refractivity contribution in [2.75, 3.05) is 0 Å². The number of rotatable bonds is 4. The van der Waals surface area contributed by atoms with Crippen LogP contribution in [0.2, 0.25) is 0 Å². The van der Waals surface area contributed by atoms with Gasteiger partial charge in [-0.3, -0.25) is 9.89 Å². The summed E-state index contributed by atoms with van der Waals surface area (Å²) in [6.45, 7) is 0.153. The average molecular weight is 377 g/mol. The van der Waals surface area contributed by atoms with Gasteiger partial charge in [0.1, 0.15) is 5.82 Å². The normalized spacial score (nSPS) is 14.5. The van der Waals surface area contributed by atoms with Crippen LogP contribution in [0.4, 0.5) is 17.6 Å². The van der Waals surface area contributed by atoms with E-state index in [0.717, 1.165) is 40.9 Å². The predicted octanol–water partition coefficient (Wildman–Crippen LogP) is 4.53. The molecular weight excluding hydrogens is 362 g/mol. The van der Waals surface area contributed by atoms with Crippen molar-refractivity contribution in [1.82, 2.24) is 15.5 Å². The summed E-state index contributed by atoms with van der Waals surface area (Å²) in [7, 11) is 0. The zero-order valence-corrected chi connectivity index (χ0v) is 14.0. The molecule has 1 aliphatic rings. The second-order valence-electron chi connectivity index (χ2n) is 6.61. The third kappa shape index (κ3) is 3.39. The molecule has 8 heteroatoms. The fraction of sp³-hybridized carbons (Fsp3) is 0.263. The molecule has 27 heavy (non-hydrogen) atoms. The number of benzene rings is 2. The molecule has 0 aliphatic heterocycles. The zero-order valence-electron chi connectivity index (χ0n) is 14.0. The third-order valence-electron chi connectivity index (χ3n) is 4.75. The molecule has 1 aromatic heterocycles. The van der Waals surface area contributed by atoms with E-state index in [9.17, 15) is 22.4 Å². The first-order valence-corrected chi connectivity index (χ1v) is 8.44. The molecule has 1 saturated carbocycles. The Bertz CT molecular complexity index is 1020. The molecule has 0 unspecified atom stereocenters. The Hall–Kier alpha value is -2.90. The molecule has 0 spiro atoms. The number of fused-ring (bicyclic) bond motifs is 1. The molecule has 4 nitrogen and oxygen atoms in total. The summed E-state index contributed by atoms with van der Waals surface area (Å²) in [5.41, 5.74) is 1.14. The lowest BCUT2D eigenvalue weighted by atomic mass is 9.99. The average Bonchev–Trinajstić information content (AvgIpc) is 3.35. The van der Waals surface area contributed by atoms with Gasteiger partial charge in [-0.15, -0.1) is 0 Å². The highest BCUT2D eigenvalue weighted by Gasteiger charge is 2.34. The van der Waals surface area contributed by atoms with E-state index in [-0.39, 0.29) is 12.1 Å². The Labute approximate surface area is 151 Å². The Morgan fingerprint density at radius 2 is 2.00 bits per heavy atom. The van der Waals surface area contributed by atoms with Crippen molar-refractivity contribution in [3.8, 4) is 0 Å². The number of hydrogen-bond donors (Lipinski definition) is 2. The number of aromatic amines is 1. The van der Waals surface area contributed by atoms with Gasteiger partial charge in [-0.25, -0.2) is 4.39 Å². The molecule has 1 aliphatic carbocycles. The van der Waals surface area contributed by atoms with Crippen LogP contribution in [0.1, 0.15) is 45.8 Å². The molecular formula is C19H15F4N3O. The van der Waals surface area contributed by atoms with Crippen molar-refractivity contribution in [2.45, 2.75) is 31.5 Å². The number of nitrogens with one attached hydrogen (secondary N) is 2. The number of halogens is 4. The number of carbonyl (C=O) groups excluding carboxylic acids is 1. The minimum Gasteiger partial charge on any atom is -0.348 e. The van der Waals surface area contributed by atoms with E-state index in [1.807, 2.05) is 12.1 Å². The predicted molar refractivity (Wildman–Crippen MR) is 90.6 cm³/mol. The van der Waals surface area contributed by atoms with Crippen LogP contribution < -0.4 is 5.32 Å². The van der Waals surface area contributed by atoms with Crippen LogP contribution in [0.25, 0.3) is 10.9 Å². The maximum absolute atomic E-state index is 13.4. The first-order chi connectivity index (χ1) is 12.8. The second-order valence-corrected chi connectivity index (χ2v) is 6.61. The SMILES string of the molecule is O=C(NCc1c(C2CC2)ccc2[nH]ncc12)c1ccc(F)c(C(F)(F)F)c1. The van der Waals surface area contributed by atoms with Gasteiger partial charge in [0, 0.05) is 17.5 Å². The molecule has 4 rings (SSSR count). The molecule has 0 atom stereocenters. The lowest BCUT2D eigenvalue weighted by Gasteiger charge is -2.13. The van der Waals surface area contributed by atoms with Gasteiger partial charge in [0.25, 0.3) is 5.91 Å². The number of H-pyrrole nitrogens is 1. The van der Waals surface area contributed by atoms with Crippen LogP contribution in [0, 0.1) is 5.82 Å². The van der Waals surface area contributed by atoms with Gasteiger partial charge in [-0.2, -0.15) is 18.3 Å². The number of aromatic nitrogens is 2. The molecule has 1 fully saturated rings. The lowest BCUT2D eigenvalue weighted by molar-refractivity contribution is -0.140. The fourth-order valence-electron chi connectivity index (χ4n) is 3.22. The largest absolute Gasteiger partial charge is 0.419 e. The van der Waals surface area contributed by atoms with Crippen LogP contribution >= 0.6 is 0 Å². The first kappa shape index (κ1) is 17.5. The molecule has 3 aromatic rings. The molecule has 2 N–H and O–H groups in total. The maximum Gasteiger partial charge on any atom is 0.419 e. The van der Waals surface area contributed by atoms with Crippen LogP contribution in [-0.2, 0) is 12.7 Å². The van der Waals surface area contributed by atoms with E-state index in [1.54, 1.807) is 6.20 Å². The van der Waals surface area contributed by atoms with Crippen LogP contribution in [0.3, 0.4) is 0 Å². The van der Waals surface area contributed by atoms with Crippen LogP contribution in [0.15, 0.2) is 36.5 Å². The van der Waals surface area contributed by atoms with Gasteiger partial charge >= 0.3 is 6.18 Å². The quantitative estimate of drug-likeness (QED) is 0.657. The molecule has 2 aromatic carbocycles. The van der Waals surface area contributed by atoms with E-state index < -0.39 is 23.5 Å². The summed E-state index contributed by atoms with van der Waals surface area (Å²) >= 11 is 0. The second kappa shape index (κ2) is 6.37. The Balaban J connectivity index is 1.59. The Morgan fingerprint density at radius 3 is 2.70 bits per heavy atom. The summed E-state index contributed by atoms with van der Waals surface area (Å²) in [6.07, 6.45) is -1.06. The first-order valence-electron chi connectivity index (χ1n) is 8.44. The van der Waals surface area contributed by atoms with Gasteiger partial charge in [-0.05, 0) is 54.2 Å². The standard InChI is InChI=1S/C19H15F4N3O/c20-16-5-3-11(7-15(16)19(21,22)23)18(27)24-8-13-12(10-1-2-10)4-6-17-14(13)9-25-26-17/h3-7,9-10H,1-2,8H2,(H,24,27)(H,25,26). The topological polar surface area (TPSA) is 57.8 Å². The molecule has 1 amide bonds. The van der Waals surface area contributed by atoms with E-state index in [2.05, 4.69) is 15.5 Å². The number of hydrogen-bond acceptors (Lipinski definition) is 2. The molecule has 0 bridgehead atoms. The van der Waals surface area contributed by atoms with Gasteiger partial charge < -0.3 is 5.32 Å². The van der Waals surface area contributed by atoms with Crippen molar-refractivity contribution in [3.05, 3.63) is 64.6 Å². The summed E-state index contributed by atoms with van der Waals surface area (Å²) in [5.74, 6) is -1.67.